The summed E-state index contributed by atoms with van der Waals surface area (Å²) >= 11 is 0. The molecule has 0 aliphatic heterocycles. The van der Waals surface area contributed by atoms with E-state index in [4.69, 9.17) is 4.74 Å². The van der Waals surface area contributed by atoms with E-state index in [-0.39, 0.29) is 60.8 Å². The van der Waals surface area contributed by atoms with Gasteiger partial charge in [-0.05, 0) is 68.2 Å². The molecule has 1 amide bonds. The summed E-state index contributed by atoms with van der Waals surface area (Å²) in [5.41, 5.74) is -0.00341. The fraction of sp³-hybridized carbons (Fsp3) is 0.567. The number of hydrogen-bond acceptors (Lipinski definition) is 5. The second kappa shape index (κ2) is 14.6. The molecular formula is C30H35F8N5O2. The van der Waals surface area contributed by atoms with Crippen LogP contribution in [0, 0.1) is 11.8 Å². The maximum atomic E-state index is 13.8. The summed E-state index contributed by atoms with van der Waals surface area (Å²) in [6.45, 7) is 0.750. The normalized spacial score (nSPS) is 17.6. The molecule has 15 heteroatoms. The van der Waals surface area contributed by atoms with Gasteiger partial charge < -0.3 is 20.4 Å². The first-order valence-corrected chi connectivity index (χ1v) is 14.8. The molecule has 248 valence electrons. The average Bonchev–Trinajstić information content (AvgIpc) is 3.36. The van der Waals surface area contributed by atoms with Gasteiger partial charge in [-0.15, -0.1) is 0 Å². The topological polar surface area (TPSA) is 91.9 Å². The summed E-state index contributed by atoms with van der Waals surface area (Å²) in [5.74, 6) is -1.46. The average molecular weight is 650 g/mol. The Balaban J connectivity index is 1.48. The van der Waals surface area contributed by atoms with Crippen molar-refractivity contribution in [3.63, 3.8) is 0 Å². The Hall–Kier alpha value is -3.65. The van der Waals surface area contributed by atoms with Crippen LogP contribution >= 0.6 is 0 Å². The van der Waals surface area contributed by atoms with E-state index in [2.05, 4.69) is 25.6 Å². The number of aromatic amines is 1. The lowest BCUT2D eigenvalue weighted by molar-refractivity contribution is -0.184. The molecule has 45 heavy (non-hydrogen) atoms. The number of aromatic nitrogens is 3. The highest BCUT2D eigenvalue weighted by Crippen LogP contribution is 2.41. The van der Waals surface area contributed by atoms with Crippen LogP contribution in [0.3, 0.4) is 0 Å². The number of pyridine rings is 1. The lowest BCUT2D eigenvalue weighted by atomic mass is 9.79. The number of anilines is 2. The molecule has 0 atom stereocenters. The van der Waals surface area contributed by atoms with Gasteiger partial charge in [0, 0.05) is 18.5 Å². The molecule has 4 rings (SSSR count). The van der Waals surface area contributed by atoms with Gasteiger partial charge in [0.15, 0.2) is 12.3 Å². The second-order valence-electron chi connectivity index (χ2n) is 11.2. The van der Waals surface area contributed by atoms with Crippen molar-refractivity contribution in [3.8, 4) is 5.88 Å². The number of amides is 1. The molecule has 0 spiro atoms. The number of nitrogens with zero attached hydrogens (tertiary/aromatic N) is 2. The number of halogens is 8. The van der Waals surface area contributed by atoms with Crippen molar-refractivity contribution >= 4 is 28.7 Å². The lowest BCUT2D eigenvalue weighted by Crippen LogP contribution is -2.27. The maximum absolute atomic E-state index is 13.8. The molecule has 0 saturated heterocycles. The van der Waals surface area contributed by atoms with Crippen LogP contribution in [0.25, 0.3) is 11.2 Å². The third-order valence-corrected chi connectivity index (χ3v) is 7.93. The van der Waals surface area contributed by atoms with Crippen LogP contribution in [0.4, 0.5) is 46.8 Å². The summed E-state index contributed by atoms with van der Waals surface area (Å²) in [5, 5.41) is 5.24. The number of ether oxygens (including phenoxy) is 1. The molecule has 1 aliphatic carbocycles. The van der Waals surface area contributed by atoms with Crippen LogP contribution in [-0.4, -0.2) is 40.1 Å². The smallest absolute Gasteiger partial charge is 0.418 e. The highest BCUT2D eigenvalue weighted by atomic mass is 19.4. The molecule has 2 heterocycles. The number of nitrogens with one attached hydrogen (secondary N) is 3. The van der Waals surface area contributed by atoms with E-state index in [1.807, 2.05) is 0 Å². The molecule has 1 aliphatic rings. The summed E-state index contributed by atoms with van der Waals surface area (Å²) in [6, 6.07) is 5.00. The number of carbonyl (C=O) groups is 1. The maximum Gasteiger partial charge on any atom is 0.418 e. The summed E-state index contributed by atoms with van der Waals surface area (Å²) in [7, 11) is 0. The van der Waals surface area contributed by atoms with E-state index in [1.54, 1.807) is 13.0 Å². The Morgan fingerprint density at radius 1 is 1.04 bits per heavy atom. The predicted octanol–water partition coefficient (Wildman–Crippen LogP) is 8.47. The monoisotopic (exact) mass is 649 g/mol. The third-order valence-electron chi connectivity index (χ3n) is 7.93. The minimum atomic E-state index is -4.70. The Morgan fingerprint density at radius 3 is 2.42 bits per heavy atom. The van der Waals surface area contributed by atoms with Gasteiger partial charge >= 0.3 is 12.4 Å². The number of alkyl halides is 8. The summed E-state index contributed by atoms with van der Waals surface area (Å²) in [4.78, 5) is 22.9. The first-order valence-electron chi connectivity index (χ1n) is 14.8. The molecule has 2 aromatic heterocycles. The number of benzene rings is 1. The van der Waals surface area contributed by atoms with Crippen molar-refractivity contribution in [2.24, 2.45) is 11.8 Å². The number of rotatable bonds is 13. The van der Waals surface area contributed by atoms with E-state index in [9.17, 15) is 39.9 Å². The first kappa shape index (κ1) is 34.2. The minimum absolute atomic E-state index is 0.0181. The molecule has 1 saturated carbocycles. The van der Waals surface area contributed by atoms with Crippen LogP contribution in [0.15, 0.2) is 24.3 Å². The lowest BCUT2D eigenvalue weighted by Gasteiger charge is -2.29. The quantitative estimate of drug-likeness (QED) is 0.128. The van der Waals surface area contributed by atoms with Gasteiger partial charge in [-0.3, -0.25) is 4.79 Å². The molecular weight excluding hydrogens is 614 g/mol. The van der Waals surface area contributed by atoms with Crippen LogP contribution in [-0.2, 0) is 23.9 Å². The van der Waals surface area contributed by atoms with Crippen LogP contribution in [0.1, 0.15) is 75.0 Å². The minimum Gasteiger partial charge on any atom is -0.471 e. The van der Waals surface area contributed by atoms with Crippen molar-refractivity contribution in [1.29, 1.82) is 0 Å². The Bertz CT molecular complexity index is 1430. The fourth-order valence-electron chi connectivity index (χ4n) is 5.50. The van der Waals surface area contributed by atoms with Gasteiger partial charge in [0.05, 0.1) is 22.7 Å². The van der Waals surface area contributed by atoms with E-state index >= 15 is 0 Å². The molecule has 0 radical (unpaired) electrons. The van der Waals surface area contributed by atoms with Gasteiger partial charge in [0.2, 0.25) is 17.7 Å². The second-order valence-corrected chi connectivity index (χ2v) is 11.2. The van der Waals surface area contributed by atoms with E-state index in [0.29, 0.717) is 48.7 Å². The standard InChI is InChI=1S/C30H35F8N5O2/c1-2-25(44)39-15-18-9-12-21(30(36,37)38)22(13-18)40-28-41-23-14-19(27(42-26(23)43-28)45-16-24(31)32)6-4-3-5-17-7-10-20(11-8-17)29(33,34)35/h9,12-14,17,20,24H,2-8,10-11,15-16H2,1H3,(H,39,44)(H2,40,41,42,43). The number of hydrogen-bond donors (Lipinski definition) is 3. The van der Waals surface area contributed by atoms with E-state index < -0.39 is 36.9 Å². The van der Waals surface area contributed by atoms with Crippen molar-refractivity contribution in [1.82, 2.24) is 20.3 Å². The Kier molecular flexibility index (Phi) is 11.1. The highest BCUT2D eigenvalue weighted by Gasteiger charge is 2.41. The predicted molar refractivity (Wildman–Crippen MR) is 151 cm³/mol. The van der Waals surface area contributed by atoms with Crippen molar-refractivity contribution < 1.29 is 44.7 Å². The third kappa shape index (κ3) is 9.67. The SMILES string of the molecule is CCC(=O)NCc1ccc(C(F)(F)F)c(Nc2nc3nc(OCC(F)F)c(CCCCC4CCC(C(F)(F)F)CC4)cc3[nH]2)c1. The van der Waals surface area contributed by atoms with E-state index in [0.717, 1.165) is 12.5 Å². The molecule has 3 aromatic rings. The molecule has 3 N–H and O–H groups in total. The molecule has 7 nitrogen and oxygen atoms in total. The molecule has 1 aromatic carbocycles. The number of fused-ring (bicyclic) bond motifs is 1. The first-order chi connectivity index (χ1) is 21.2. The van der Waals surface area contributed by atoms with E-state index in [1.165, 1.54) is 12.1 Å². The van der Waals surface area contributed by atoms with Crippen molar-refractivity contribution in [3.05, 3.63) is 41.0 Å². The molecule has 0 bridgehead atoms. The zero-order chi connectivity index (χ0) is 32.8. The van der Waals surface area contributed by atoms with Gasteiger partial charge in [-0.25, -0.2) is 8.78 Å². The summed E-state index contributed by atoms with van der Waals surface area (Å²) < 4.78 is 111. The van der Waals surface area contributed by atoms with Crippen LogP contribution in [0.2, 0.25) is 0 Å². The number of H-pyrrole nitrogens is 1. The molecule has 1 fully saturated rings. The zero-order valence-electron chi connectivity index (χ0n) is 24.6. The Morgan fingerprint density at radius 2 is 1.78 bits per heavy atom. The van der Waals surface area contributed by atoms with Gasteiger partial charge in [-0.2, -0.15) is 36.3 Å². The largest absolute Gasteiger partial charge is 0.471 e. The zero-order valence-corrected chi connectivity index (χ0v) is 24.6. The Labute approximate surface area is 254 Å². The van der Waals surface area contributed by atoms with Crippen LogP contribution in [0.5, 0.6) is 5.88 Å². The number of imidazole rings is 1. The van der Waals surface area contributed by atoms with Gasteiger partial charge in [0.1, 0.15) is 0 Å². The number of aryl methyl sites for hydroxylation is 1. The van der Waals surface area contributed by atoms with Gasteiger partial charge in [-0.1, -0.05) is 25.8 Å². The van der Waals surface area contributed by atoms with Gasteiger partial charge in [0.25, 0.3) is 6.43 Å². The van der Waals surface area contributed by atoms with Crippen LogP contribution < -0.4 is 15.4 Å². The molecule has 0 unspecified atom stereocenters. The fourth-order valence-corrected chi connectivity index (χ4v) is 5.50. The van der Waals surface area contributed by atoms with Crippen molar-refractivity contribution in [2.45, 2.75) is 90.0 Å². The number of carbonyl (C=O) groups excluding carboxylic acids is 1. The summed E-state index contributed by atoms with van der Waals surface area (Å²) in [6.07, 6.45) is -7.70. The highest BCUT2D eigenvalue weighted by molar-refractivity contribution is 5.77. The number of unbranched alkanes of at least 4 members (excludes halogenated alkanes) is 1. The van der Waals surface area contributed by atoms with Crippen molar-refractivity contribution in [2.75, 3.05) is 11.9 Å².